The van der Waals surface area contributed by atoms with E-state index in [1.54, 1.807) is 50.2 Å². The average Bonchev–Trinajstić information content (AvgIpc) is 2.64. The van der Waals surface area contributed by atoms with Gasteiger partial charge in [-0.15, -0.1) is 0 Å². The zero-order valence-corrected chi connectivity index (χ0v) is 17.9. The standard InChI is InChI=1S/C21H27N3O4S/c1-14(2)20(25)24-18-7-5-17(6-8-18)21(26)22-9-10-23-29(27,28)19-12-15(3)11-16(4)13-19/h5-8,11-14,23H,9-10H2,1-4H3,(H,22,26)(H,24,25). The van der Waals surface area contributed by atoms with Gasteiger partial charge in [-0.2, -0.15) is 0 Å². The lowest BCUT2D eigenvalue weighted by atomic mass is 10.1. The fraction of sp³-hybridized carbons (Fsp3) is 0.333. The number of amides is 2. The van der Waals surface area contributed by atoms with Crippen molar-refractivity contribution in [1.29, 1.82) is 0 Å². The first-order valence-electron chi connectivity index (χ1n) is 9.35. The van der Waals surface area contributed by atoms with E-state index in [0.29, 0.717) is 11.3 Å². The van der Waals surface area contributed by atoms with Gasteiger partial charge in [-0.05, 0) is 61.4 Å². The summed E-state index contributed by atoms with van der Waals surface area (Å²) in [5, 5.41) is 5.42. The molecule has 0 aliphatic carbocycles. The minimum absolute atomic E-state index is 0.0730. The highest BCUT2D eigenvalue weighted by Crippen LogP contribution is 2.14. The van der Waals surface area contributed by atoms with Gasteiger partial charge in [0, 0.05) is 30.3 Å². The van der Waals surface area contributed by atoms with Gasteiger partial charge < -0.3 is 10.6 Å². The predicted octanol–water partition coefficient (Wildman–Crippen LogP) is 2.61. The van der Waals surface area contributed by atoms with Crippen LogP contribution < -0.4 is 15.4 Å². The van der Waals surface area contributed by atoms with Crippen LogP contribution in [0.4, 0.5) is 5.69 Å². The third kappa shape index (κ3) is 6.69. The van der Waals surface area contributed by atoms with E-state index < -0.39 is 10.0 Å². The Hall–Kier alpha value is -2.71. The third-order valence-electron chi connectivity index (χ3n) is 4.15. The van der Waals surface area contributed by atoms with Crippen LogP contribution >= 0.6 is 0 Å². The first kappa shape index (κ1) is 22.6. The first-order chi connectivity index (χ1) is 13.6. The van der Waals surface area contributed by atoms with Gasteiger partial charge in [-0.25, -0.2) is 13.1 Å². The molecule has 0 atom stereocenters. The molecule has 0 bridgehead atoms. The van der Waals surface area contributed by atoms with E-state index in [-0.39, 0.29) is 35.7 Å². The van der Waals surface area contributed by atoms with Gasteiger partial charge >= 0.3 is 0 Å². The van der Waals surface area contributed by atoms with Crippen molar-refractivity contribution in [3.8, 4) is 0 Å². The zero-order chi connectivity index (χ0) is 21.6. The second kappa shape index (κ2) is 9.67. The van der Waals surface area contributed by atoms with Crippen LogP contribution in [0.1, 0.15) is 35.3 Å². The number of rotatable bonds is 8. The summed E-state index contributed by atoms with van der Waals surface area (Å²) in [4.78, 5) is 24.1. The highest BCUT2D eigenvalue weighted by atomic mass is 32.2. The maximum absolute atomic E-state index is 12.4. The molecule has 0 spiro atoms. The Kier molecular flexibility index (Phi) is 7.53. The highest BCUT2D eigenvalue weighted by Gasteiger charge is 2.14. The molecule has 0 aromatic heterocycles. The molecular formula is C21H27N3O4S. The largest absolute Gasteiger partial charge is 0.351 e. The van der Waals surface area contributed by atoms with Crippen molar-refractivity contribution in [3.63, 3.8) is 0 Å². The average molecular weight is 418 g/mol. The van der Waals surface area contributed by atoms with E-state index in [2.05, 4.69) is 15.4 Å². The monoisotopic (exact) mass is 417 g/mol. The van der Waals surface area contributed by atoms with E-state index in [1.807, 2.05) is 19.9 Å². The van der Waals surface area contributed by atoms with Crippen molar-refractivity contribution in [1.82, 2.24) is 10.0 Å². The summed E-state index contributed by atoms with van der Waals surface area (Å²) >= 11 is 0. The molecule has 0 aliphatic heterocycles. The molecule has 2 amide bonds. The molecule has 2 aromatic rings. The van der Waals surface area contributed by atoms with E-state index in [4.69, 9.17) is 0 Å². The molecule has 2 rings (SSSR count). The molecule has 0 heterocycles. The van der Waals surface area contributed by atoms with Crippen molar-refractivity contribution in [2.24, 2.45) is 5.92 Å². The molecule has 0 radical (unpaired) electrons. The first-order valence-corrected chi connectivity index (χ1v) is 10.8. The number of carbonyl (C=O) groups excluding carboxylic acids is 2. The lowest BCUT2D eigenvalue weighted by Gasteiger charge is -2.10. The smallest absolute Gasteiger partial charge is 0.251 e. The van der Waals surface area contributed by atoms with Gasteiger partial charge in [0.2, 0.25) is 15.9 Å². The van der Waals surface area contributed by atoms with Gasteiger partial charge in [0.25, 0.3) is 5.91 Å². The Morgan fingerprint density at radius 1 is 0.931 bits per heavy atom. The maximum Gasteiger partial charge on any atom is 0.251 e. The Balaban J connectivity index is 1.85. The molecule has 3 N–H and O–H groups in total. The normalized spacial score (nSPS) is 11.3. The molecule has 29 heavy (non-hydrogen) atoms. The van der Waals surface area contributed by atoms with Gasteiger partial charge in [0.05, 0.1) is 4.90 Å². The molecule has 0 saturated heterocycles. The van der Waals surface area contributed by atoms with Crippen LogP contribution in [-0.2, 0) is 14.8 Å². The van der Waals surface area contributed by atoms with Crippen LogP contribution in [0.15, 0.2) is 47.4 Å². The second-order valence-electron chi connectivity index (χ2n) is 7.20. The number of carbonyl (C=O) groups is 2. The van der Waals surface area contributed by atoms with Crippen LogP contribution in [0.5, 0.6) is 0 Å². The third-order valence-corrected chi connectivity index (χ3v) is 5.59. The summed E-state index contributed by atoms with van der Waals surface area (Å²) in [5.41, 5.74) is 2.77. The molecule has 0 unspecified atom stereocenters. The van der Waals surface area contributed by atoms with Gasteiger partial charge in [0.15, 0.2) is 0 Å². The minimum Gasteiger partial charge on any atom is -0.351 e. The molecule has 8 heteroatoms. The van der Waals surface area contributed by atoms with Crippen LogP contribution in [-0.4, -0.2) is 33.3 Å². The summed E-state index contributed by atoms with van der Waals surface area (Å²) in [6, 6.07) is 11.6. The molecule has 7 nitrogen and oxygen atoms in total. The molecule has 156 valence electrons. The molecule has 2 aromatic carbocycles. The zero-order valence-electron chi connectivity index (χ0n) is 17.1. The van der Waals surface area contributed by atoms with Crippen molar-refractivity contribution in [2.75, 3.05) is 18.4 Å². The summed E-state index contributed by atoms with van der Waals surface area (Å²) < 4.78 is 27.2. The number of sulfonamides is 1. The number of anilines is 1. The van der Waals surface area contributed by atoms with Gasteiger partial charge in [-0.3, -0.25) is 9.59 Å². The van der Waals surface area contributed by atoms with Crippen molar-refractivity contribution in [3.05, 3.63) is 59.2 Å². The van der Waals surface area contributed by atoms with Gasteiger partial charge in [0.1, 0.15) is 0 Å². The van der Waals surface area contributed by atoms with E-state index in [9.17, 15) is 18.0 Å². The second-order valence-corrected chi connectivity index (χ2v) is 8.97. The summed E-state index contributed by atoms with van der Waals surface area (Å²) in [6.07, 6.45) is 0. The fourth-order valence-electron chi connectivity index (χ4n) is 2.63. The molecule has 0 saturated carbocycles. The highest BCUT2D eigenvalue weighted by molar-refractivity contribution is 7.89. The Labute approximate surface area is 172 Å². The summed E-state index contributed by atoms with van der Waals surface area (Å²) in [7, 11) is -3.63. The molecule has 0 aliphatic rings. The molecular weight excluding hydrogens is 390 g/mol. The van der Waals surface area contributed by atoms with E-state index in [0.717, 1.165) is 11.1 Å². The lowest BCUT2D eigenvalue weighted by molar-refractivity contribution is -0.118. The number of aryl methyl sites for hydroxylation is 2. The van der Waals surface area contributed by atoms with Gasteiger partial charge in [-0.1, -0.05) is 19.9 Å². The van der Waals surface area contributed by atoms with Crippen molar-refractivity contribution >= 4 is 27.5 Å². The number of hydrogen-bond donors (Lipinski definition) is 3. The van der Waals surface area contributed by atoms with E-state index in [1.165, 1.54) is 0 Å². The van der Waals surface area contributed by atoms with E-state index >= 15 is 0 Å². The summed E-state index contributed by atoms with van der Waals surface area (Å²) in [6.45, 7) is 7.49. The minimum atomic E-state index is -3.63. The number of nitrogens with one attached hydrogen (secondary N) is 3. The van der Waals surface area contributed by atoms with Crippen LogP contribution in [0, 0.1) is 19.8 Å². The van der Waals surface area contributed by atoms with Crippen LogP contribution in [0.25, 0.3) is 0 Å². The van der Waals surface area contributed by atoms with Crippen molar-refractivity contribution in [2.45, 2.75) is 32.6 Å². The Bertz CT molecular complexity index is 963. The Morgan fingerprint density at radius 3 is 2.07 bits per heavy atom. The molecule has 0 fully saturated rings. The Morgan fingerprint density at radius 2 is 1.52 bits per heavy atom. The van der Waals surface area contributed by atoms with Crippen LogP contribution in [0.2, 0.25) is 0 Å². The lowest BCUT2D eigenvalue weighted by Crippen LogP contribution is -2.34. The number of benzene rings is 2. The fourth-order valence-corrected chi connectivity index (χ4v) is 3.85. The predicted molar refractivity (Wildman–Crippen MR) is 113 cm³/mol. The summed E-state index contributed by atoms with van der Waals surface area (Å²) in [5.74, 6) is -0.555. The quantitative estimate of drug-likeness (QED) is 0.574. The van der Waals surface area contributed by atoms with Crippen molar-refractivity contribution < 1.29 is 18.0 Å². The number of hydrogen-bond acceptors (Lipinski definition) is 4. The van der Waals surface area contributed by atoms with Crippen LogP contribution in [0.3, 0.4) is 0 Å². The maximum atomic E-state index is 12.4. The topological polar surface area (TPSA) is 104 Å². The SMILES string of the molecule is Cc1cc(C)cc(S(=O)(=O)NCCNC(=O)c2ccc(NC(=O)C(C)C)cc2)c1.